The van der Waals surface area contributed by atoms with Crippen LogP contribution < -0.4 is 0 Å². The van der Waals surface area contributed by atoms with E-state index in [2.05, 4.69) is 18.7 Å². The van der Waals surface area contributed by atoms with Crippen molar-refractivity contribution >= 4 is 0 Å². The van der Waals surface area contributed by atoms with Crippen LogP contribution in [0.5, 0.6) is 0 Å². The number of rotatable bonds is 1. The van der Waals surface area contributed by atoms with Crippen molar-refractivity contribution in [1.82, 2.24) is 4.90 Å². The maximum atomic E-state index is 11.4. The van der Waals surface area contributed by atoms with Gasteiger partial charge >= 0.3 is 0 Å². The van der Waals surface area contributed by atoms with Gasteiger partial charge in [0.05, 0.1) is 18.3 Å². The summed E-state index contributed by atoms with van der Waals surface area (Å²) in [6, 6.07) is 0.444. The summed E-state index contributed by atoms with van der Waals surface area (Å²) in [5, 5.41) is 11.4. The molecule has 6 rings (SSSR count). The normalized spacial score (nSPS) is 61.5. The zero-order chi connectivity index (χ0) is 17.7. The maximum Gasteiger partial charge on any atom is 0.0875 e. The van der Waals surface area contributed by atoms with Gasteiger partial charge in [0.2, 0.25) is 0 Å². The zero-order valence-electron chi connectivity index (χ0n) is 16.7. The lowest BCUT2D eigenvalue weighted by molar-refractivity contribution is -0.120. The highest BCUT2D eigenvalue weighted by atomic mass is 16.6. The lowest BCUT2D eigenvalue weighted by Crippen LogP contribution is -2.55. The van der Waals surface area contributed by atoms with E-state index < -0.39 is 0 Å². The molecular weight excluding hydrogens is 322 g/mol. The Morgan fingerprint density at radius 1 is 0.885 bits per heavy atom. The van der Waals surface area contributed by atoms with Crippen molar-refractivity contribution in [2.75, 3.05) is 13.1 Å². The molecule has 3 heteroatoms. The van der Waals surface area contributed by atoms with Gasteiger partial charge in [-0.15, -0.1) is 0 Å². The van der Waals surface area contributed by atoms with Crippen molar-refractivity contribution in [2.45, 2.75) is 96.0 Å². The highest BCUT2D eigenvalue weighted by Gasteiger charge is 2.66. The average Bonchev–Trinajstić information content (AvgIpc) is 3.11. The van der Waals surface area contributed by atoms with E-state index in [-0.39, 0.29) is 11.5 Å². The minimum Gasteiger partial charge on any atom is -0.391 e. The highest BCUT2D eigenvalue weighted by molar-refractivity contribution is 5.15. The number of ether oxygens (including phenoxy) is 1. The summed E-state index contributed by atoms with van der Waals surface area (Å²) in [7, 11) is 0. The van der Waals surface area contributed by atoms with Gasteiger partial charge in [-0.3, -0.25) is 4.90 Å². The Balaban J connectivity index is 1.30. The summed E-state index contributed by atoms with van der Waals surface area (Å²) >= 11 is 0. The van der Waals surface area contributed by atoms with Crippen LogP contribution in [0.25, 0.3) is 0 Å². The van der Waals surface area contributed by atoms with Gasteiger partial charge in [-0.1, -0.05) is 13.8 Å². The molecule has 4 aliphatic carbocycles. The monoisotopic (exact) mass is 359 g/mol. The van der Waals surface area contributed by atoms with Crippen LogP contribution in [0.4, 0.5) is 0 Å². The lowest BCUT2D eigenvalue weighted by Gasteiger charge is -2.59. The smallest absolute Gasteiger partial charge is 0.0875 e. The molecular formula is C23H37NO2. The predicted octanol–water partition coefficient (Wildman–Crippen LogP) is 3.84. The van der Waals surface area contributed by atoms with Crippen LogP contribution in [-0.2, 0) is 4.74 Å². The molecule has 2 saturated heterocycles. The molecule has 2 heterocycles. The second-order valence-electron chi connectivity index (χ2n) is 11.3. The Labute approximate surface area is 158 Å². The standard InChI is InChI=1S/C23H37NO2/c1-22-10-8-19-20(26-19)16(22)6-5-14-15(22)7-9-23(2)17(14)13-18(21(23)25)24-11-3-4-12-24/h14-21,25H,3-13H2,1-2H3/t14-,15+,16+,17+,18+,19-,20+,21+,22-,23+/m1/s1. The van der Waals surface area contributed by atoms with E-state index in [0.29, 0.717) is 23.7 Å². The fourth-order valence-corrected chi connectivity index (χ4v) is 9.00. The second kappa shape index (κ2) is 5.48. The molecule has 0 aromatic rings. The Kier molecular flexibility index (Phi) is 3.54. The molecule has 0 aromatic heterocycles. The van der Waals surface area contributed by atoms with Crippen molar-refractivity contribution in [3.8, 4) is 0 Å². The summed E-state index contributed by atoms with van der Waals surface area (Å²) in [6.45, 7) is 7.51. The van der Waals surface area contributed by atoms with Gasteiger partial charge in [-0.25, -0.2) is 0 Å². The number of epoxide rings is 1. The molecule has 6 aliphatic rings. The number of nitrogens with zero attached hydrogens (tertiary/aromatic N) is 1. The lowest BCUT2D eigenvalue weighted by atomic mass is 9.45. The molecule has 0 aromatic carbocycles. The molecule has 6 fully saturated rings. The Hall–Kier alpha value is -0.120. The molecule has 146 valence electrons. The first-order valence-electron chi connectivity index (χ1n) is 11.6. The molecule has 26 heavy (non-hydrogen) atoms. The summed E-state index contributed by atoms with van der Waals surface area (Å²) in [6.07, 6.45) is 13.1. The van der Waals surface area contributed by atoms with Crippen LogP contribution in [0.3, 0.4) is 0 Å². The van der Waals surface area contributed by atoms with Crippen LogP contribution >= 0.6 is 0 Å². The summed E-state index contributed by atoms with van der Waals surface area (Å²) in [4.78, 5) is 2.64. The van der Waals surface area contributed by atoms with Crippen molar-refractivity contribution < 1.29 is 9.84 Å². The molecule has 0 amide bonds. The topological polar surface area (TPSA) is 36.0 Å². The molecule has 0 bridgehead atoms. The van der Waals surface area contributed by atoms with E-state index in [1.807, 2.05) is 0 Å². The first-order chi connectivity index (χ1) is 12.5. The second-order valence-corrected chi connectivity index (χ2v) is 11.3. The van der Waals surface area contributed by atoms with Crippen LogP contribution in [0.2, 0.25) is 0 Å². The third-order valence-electron chi connectivity index (χ3n) is 10.5. The molecule has 2 aliphatic heterocycles. The number of hydrogen-bond acceptors (Lipinski definition) is 3. The Morgan fingerprint density at radius 2 is 1.65 bits per heavy atom. The van der Waals surface area contributed by atoms with Crippen LogP contribution in [0.1, 0.15) is 71.6 Å². The summed E-state index contributed by atoms with van der Waals surface area (Å²) in [5.41, 5.74) is 0.684. The molecule has 0 spiro atoms. The van der Waals surface area contributed by atoms with Crippen LogP contribution in [0, 0.1) is 34.5 Å². The third kappa shape index (κ3) is 2.06. The number of hydrogen-bond donors (Lipinski definition) is 1. The molecule has 4 saturated carbocycles. The SMILES string of the molecule is C[C@]12CC[C@H]3O[C@H]3[C@@H]1CC[C@@H]1[C@@H]2CC[C@]2(C)[C@@H](O)[C@@H](N3CCCC3)C[C@@H]12. The minimum atomic E-state index is -0.0976. The maximum absolute atomic E-state index is 11.4. The Morgan fingerprint density at radius 3 is 2.46 bits per heavy atom. The molecule has 0 unspecified atom stereocenters. The minimum absolute atomic E-state index is 0.0976. The van der Waals surface area contributed by atoms with Gasteiger partial charge in [0.1, 0.15) is 0 Å². The van der Waals surface area contributed by atoms with Gasteiger partial charge in [-0.2, -0.15) is 0 Å². The highest BCUT2D eigenvalue weighted by Crippen LogP contribution is 2.68. The number of aliphatic hydroxyl groups is 1. The summed E-state index contributed by atoms with van der Waals surface area (Å²) < 4.78 is 6.05. The van der Waals surface area contributed by atoms with Gasteiger partial charge in [-0.05, 0) is 105 Å². The number of likely N-dealkylation sites (tertiary alicyclic amines) is 1. The summed E-state index contributed by atoms with van der Waals surface area (Å²) in [5.74, 6) is 3.31. The van der Waals surface area contributed by atoms with Crippen molar-refractivity contribution in [3.63, 3.8) is 0 Å². The van der Waals surface area contributed by atoms with Crippen molar-refractivity contribution in [2.24, 2.45) is 34.5 Å². The van der Waals surface area contributed by atoms with Gasteiger partial charge in [0.15, 0.2) is 0 Å². The van der Waals surface area contributed by atoms with Gasteiger partial charge in [0, 0.05) is 6.04 Å². The largest absolute Gasteiger partial charge is 0.391 e. The first-order valence-corrected chi connectivity index (χ1v) is 11.6. The average molecular weight is 360 g/mol. The predicted molar refractivity (Wildman–Crippen MR) is 102 cm³/mol. The zero-order valence-corrected chi connectivity index (χ0v) is 16.7. The number of fused-ring (bicyclic) bond motifs is 7. The van der Waals surface area contributed by atoms with Gasteiger partial charge < -0.3 is 9.84 Å². The molecule has 1 N–H and O–H groups in total. The van der Waals surface area contributed by atoms with Crippen LogP contribution in [0.15, 0.2) is 0 Å². The third-order valence-corrected chi connectivity index (χ3v) is 10.5. The van der Waals surface area contributed by atoms with E-state index in [9.17, 15) is 5.11 Å². The quantitative estimate of drug-likeness (QED) is 0.723. The first kappa shape index (κ1) is 16.8. The fraction of sp³-hybridized carbons (Fsp3) is 1.00. The van der Waals surface area contributed by atoms with Gasteiger partial charge in [0.25, 0.3) is 0 Å². The molecule has 10 atom stereocenters. The van der Waals surface area contributed by atoms with Crippen LogP contribution in [-0.4, -0.2) is 47.4 Å². The fourth-order valence-electron chi connectivity index (χ4n) is 9.00. The van der Waals surface area contributed by atoms with E-state index in [1.54, 1.807) is 0 Å². The van der Waals surface area contributed by atoms with Crippen molar-refractivity contribution in [1.29, 1.82) is 0 Å². The van der Waals surface area contributed by atoms with E-state index >= 15 is 0 Å². The number of aliphatic hydroxyl groups excluding tert-OH is 1. The van der Waals surface area contributed by atoms with E-state index in [0.717, 1.165) is 23.7 Å². The molecule has 0 radical (unpaired) electrons. The van der Waals surface area contributed by atoms with E-state index in [4.69, 9.17) is 4.74 Å². The van der Waals surface area contributed by atoms with E-state index in [1.165, 1.54) is 70.9 Å². The molecule has 3 nitrogen and oxygen atoms in total. The van der Waals surface area contributed by atoms with Crippen molar-refractivity contribution in [3.05, 3.63) is 0 Å². The Bertz CT molecular complexity index is 589.